The van der Waals surface area contributed by atoms with Crippen molar-refractivity contribution in [3.05, 3.63) is 70.8 Å². The second-order valence-electron chi connectivity index (χ2n) is 4.18. The minimum absolute atomic E-state index is 0.0268. The van der Waals surface area contributed by atoms with Gasteiger partial charge in [0, 0.05) is 0 Å². The molecule has 1 atom stereocenters. The quantitative estimate of drug-likeness (QED) is 0.810. The molecule has 82 valence electrons. The van der Waals surface area contributed by atoms with Crippen molar-refractivity contribution >= 4 is 0 Å². The van der Waals surface area contributed by atoms with Gasteiger partial charge in [-0.1, -0.05) is 48.5 Å². The maximum absolute atomic E-state index is 6.29. The molecule has 2 aromatic rings. The SMILES string of the molecule is Cc1cccc(C(N)c2ccccc2)c1C. The van der Waals surface area contributed by atoms with E-state index in [0.717, 1.165) is 5.56 Å². The molecule has 0 radical (unpaired) electrons. The van der Waals surface area contributed by atoms with E-state index >= 15 is 0 Å². The van der Waals surface area contributed by atoms with Crippen molar-refractivity contribution in [2.24, 2.45) is 5.73 Å². The zero-order chi connectivity index (χ0) is 11.5. The highest BCUT2D eigenvalue weighted by molar-refractivity contribution is 5.40. The first-order chi connectivity index (χ1) is 7.70. The van der Waals surface area contributed by atoms with E-state index in [1.54, 1.807) is 0 Å². The average Bonchev–Trinajstić information content (AvgIpc) is 2.33. The molecule has 0 spiro atoms. The van der Waals surface area contributed by atoms with Crippen molar-refractivity contribution < 1.29 is 0 Å². The van der Waals surface area contributed by atoms with E-state index < -0.39 is 0 Å². The van der Waals surface area contributed by atoms with Gasteiger partial charge in [-0.05, 0) is 36.1 Å². The summed E-state index contributed by atoms with van der Waals surface area (Å²) in [6, 6.07) is 16.5. The lowest BCUT2D eigenvalue weighted by Crippen LogP contribution is -2.13. The first-order valence-electron chi connectivity index (χ1n) is 5.57. The molecule has 0 amide bonds. The van der Waals surface area contributed by atoms with Gasteiger partial charge in [-0.25, -0.2) is 0 Å². The fourth-order valence-corrected chi connectivity index (χ4v) is 1.95. The van der Waals surface area contributed by atoms with Crippen LogP contribution in [0, 0.1) is 13.8 Å². The van der Waals surface area contributed by atoms with E-state index in [2.05, 4.69) is 44.2 Å². The average molecular weight is 211 g/mol. The summed E-state index contributed by atoms with van der Waals surface area (Å²) in [5.41, 5.74) is 11.2. The van der Waals surface area contributed by atoms with Gasteiger partial charge in [0.2, 0.25) is 0 Å². The molecule has 0 aliphatic heterocycles. The molecule has 0 heterocycles. The molecule has 2 aromatic carbocycles. The van der Waals surface area contributed by atoms with Crippen LogP contribution in [0.15, 0.2) is 48.5 Å². The second kappa shape index (κ2) is 4.50. The van der Waals surface area contributed by atoms with Crippen molar-refractivity contribution in [1.29, 1.82) is 0 Å². The van der Waals surface area contributed by atoms with Gasteiger partial charge < -0.3 is 5.73 Å². The topological polar surface area (TPSA) is 26.0 Å². The predicted octanol–water partition coefficient (Wildman–Crippen LogP) is 3.35. The van der Waals surface area contributed by atoms with E-state index in [1.807, 2.05) is 18.2 Å². The predicted molar refractivity (Wildman–Crippen MR) is 68.4 cm³/mol. The first kappa shape index (κ1) is 10.9. The Morgan fingerprint density at radius 1 is 0.875 bits per heavy atom. The maximum atomic E-state index is 6.29. The standard InChI is InChI=1S/C15H17N/c1-11-7-6-10-14(12(11)2)15(16)13-8-4-3-5-9-13/h3-10,15H,16H2,1-2H3. The summed E-state index contributed by atoms with van der Waals surface area (Å²) >= 11 is 0. The molecule has 16 heavy (non-hydrogen) atoms. The fourth-order valence-electron chi connectivity index (χ4n) is 1.95. The third-order valence-electron chi connectivity index (χ3n) is 3.14. The van der Waals surface area contributed by atoms with Gasteiger partial charge in [0.15, 0.2) is 0 Å². The summed E-state index contributed by atoms with van der Waals surface area (Å²) in [7, 11) is 0. The minimum Gasteiger partial charge on any atom is -0.320 e. The lowest BCUT2D eigenvalue weighted by Gasteiger charge is -2.16. The van der Waals surface area contributed by atoms with Crippen LogP contribution < -0.4 is 5.73 Å². The van der Waals surface area contributed by atoms with Gasteiger partial charge in [-0.15, -0.1) is 0 Å². The second-order valence-corrected chi connectivity index (χ2v) is 4.18. The number of hydrogen-bond donors (Lipinski definition) is 1. The number of nitrogens with two attached hydrogens (primary N) is 1. The number of rotatable bonds is 2. The molecule has 0 aliphatic carbocycles. The van der Waals surface area contributed by atoms with E-state index in [9.17, 15) is 0 Å². The first-order valence-corrected chi connectivity index (χ1v) is 5.57. The van der Waals surface area contributed by atoms with Crippen LogP contribution in [-0.2, 0) is 0 Å². The molecule has 1 nitrogen and oxygen atoms in total. The molecule has 0 fully saturated rings. The summed E-state index contributed by atoms with van der Waals surface area (Å²) in [5.74, 6) is 0. The maximum Gasteiger partial charge on any atom is 0.0554 e. The molecule has 1 unspecified atom stereocenters. The summed E-state index contributed by atoms with van der Waals surface area (Å²) < 4.78 is 0. The Labute approximate surface area is 96.9 Å². The molecule has 2 N–H and O–H groups in total. The van der Waals surface area contributed by atoms with Crippen molar-refractivity contribution in [2.45, 2.75) is 19.9 Å². The van der Waals surface area contributed by atoms with E-state index in [4.69, 9.17) is 5.73 Å². The molecule has 0 aliphatic rings. The molecule has 0 saturated heterocycles. The van der Waals surface area contributed by atoms with Gasteiger partial charge in [0.1, 0.15) is 0 Å². The highest BCUT2D eigenvalue weighted by atomic mass is 14.6. The number of aryl methyl sites for hydroxylation is 1. The van der Waals surface area contributed by atoms with Crippen molar-refractivity contribution in [1.82, 2.24) is 0 Å². The zero-order valence-corrected chi connectivity index (χ0v) is 9.77. The molecule has 0 aromatic heterocycles. The highest BCUT2D eigenvalue weighted by Gasteiger charge is 2.11. The summed E-state index contributed by atoms with van der Waals surface area (Å²) in [5, 5.41) is 0. The van der Waals surface area contributed by atoms with Crippen molar-refractivity contribution in [3.8, 4) is 0 Å². The van der Waals surface area contributed by atoms with Crippen molar-refractivity contribution in [2.75, 3.05) is 0 Å². The van der Waals surface area contributed by atoms with Gasteiger partial charge in [-0.2, -0.15) is 0 Å². The van der Waals surface area contributed by atoms with Gasteiger partial charge in [-0.3, -0.25) is 0 Å². The Morgan fingerprint density at radius 3 is 2.25 bits per heavy atom. The lowest BCUT2D eigenvalue weighted by atomic mass is 9.93. The molecule has 0 saturated carbocycles. The van der Waals surface area contributed by atoms with Gasteiger partial charge >= 0.3 is 0 Å². The lowest BCUT2D eigenvalue weighted by molar-refractivity contribution is 0.859. The number of hydrogen-bond acceptors (Lipinski definition) is 1. The van der Waals surface area contributed by atoms with E-state index in [-0.39, 0.29) is 6.04 Å². The van der Waals surface area contributed by atoms with Crippen LogP contribution in [0.2, 0.25) is 0 Å². The third-order valence-corrected chi connectivity index (χ3v) is 3.14. The van der Waals surface area contributed by atoms with Crippen LogP contribution in [-0.4, -0.2) is 0 Å². The normalized spacial score (nSPS) is 12.4. The zero-order valence-electron chi connectivity index (χ0n) is 9.77. The monoisotopic (exact) mass is 211 g/mol. The van der Waals surface area contributed by atoms with Crippen LogP contribution >= 0.6 is 0 Å². The summed E-state index contributed by atoms with van der Waals surface area (Å²) in [6.07, 6.45) is 0. The Kier molecular flexibility index (Phi) is 3.07. The smallest absolute Gasteiger partial charge is 0.0554 e. The Morgan fingerprint density at radius 2 is 1.56 bits per heavy atom. The van der Waals surface area contributed by atoms with Crippen LogP contribution in [0.1, 0.15) is 28.3 Å². The Bertz CT molecular complexity index is 474. The minimum atomic E-state index is -0.0268. The largest absolute Gasteiger partial charge is 0.320 e. The third kappa shape index (κ3) is 2.00. The Balaban J connectivity index is 2.42. The summed E-state index contributed by atoms with van der Waals surface area (Å²) in [4.78, 5) is 0. The van der Waals surface area contributed by atoms with Crippen LogP contribution in [0.4, 0.5) is 0 Å². The van der Waals surface area contributed by atoms with Crippen molar-refractivity contribution in [3.63, 3.8) is 0 Å². The van der Waals surface area contributed by atoms with Gasteiger partial charge in [0.05, 0.1) is 6.04 Å². The molecule has 1 heteroatoms. The number of benzene rings is 2. The Hall–Kier alpha value is -1.60. The van der Waals surface area contributed by atoms with Crippen LogP contribution in [0.25, 0.3) is 0 Å². The van der Waals surface area contributed by atoms with E-state index in [1.165, 1.54) is 16.7 Å². The van der Waals surface area contributed by atoms with E-state index in [0.29, 0.717) is 0 Å². The van der Waals surface area contributed by atoms with Gasteiger partial charge in [0.25, 0.3) is 0 Å². The molecule has 0 bridgehead atoms. The highest BCUT2D eigenvalue weighted by Crippen LogP contribution is 2.24. The molecule has 2 rings (SSSR count). The molecular formula is C15H17N. The fraction of sp³-hybridized carbons (Fsp3) is 0.200. The molecular weight excluding hydrogens is 194 g/mol. The summed E-state index contributed by atoms with van der Waals surface area (Å²) in [6.45, 7) is 4.25. The van der Waals surface area contributed by atoms with Crippen LogP contribution in [0.5, 0.6) is 0 Å². The van der Waals surface area contributed by atoms with Crippen LogP contribution in [0.3, 0.4) is 0 Å².